The van der Waals surface area contributed by atoms with Crippen LogP contribution in [0, 0.1) is 11.8 Å². The number of hydrogen-bond acceptors (Lipinski definition) is 2. The highest BCUT2D eigenvalue weighted by Crippen LogP contribution is 2.29. The van der Waals surface area contributed by atoms with Crippen molar-refractivity contribution in [1.29, 1.82) is 0 Å². The van der Waals surface area contributed by atoms with Gasteiger partial charge in [-0.15, -0.1) is 0 Å². The third kappa shape index (κ3) is 3.09. The number of aromatic nitrogens is 2. The molecule has 0 amide bonds. The van der Waals surface area contributed by atoms with Gasteiger partial charge in [0.2, 0.25) is 0 Å². The van der Waals surface area contributed by atoms with Crippen LogP contribution in [0.3, 0.4) is 0 Å². The van der Waals surface area contributed by atoms with Crippen LogP contribution >= 0.6 is 0 Å². The van der Waals surface area contributed by atoms with E-state index in [0.29, 0.717) is 17.9 Å². The quantitative estimate of drug-likeness (QED) is 0.853. The van der Waals surface area contributed by atoms with Gasteiger partial charge in [0.1, 0.15) is 0 Å². The van der Waals surface area contributed by atoms with E-state index >= 15 is 0 Å². The van der Waals surface area contributed by atoms with Crippen molar-refractivity contribution in [2.45, 2.75) is 52.0 Å². The predicted molar refractivity (Wildman–Crippen MR) is 68.8 cm³/mol. The first-order valence-electron chi connectivity index (χ1n) is 6.85. The van der Waals surface area contributed by atoms with Crippen molar-refractivity contribution in [2.24, 2.45) is 11.8 Å². The third-order valence-electron chi connectivity index (χ3n) is 4.01. The normalized spacial score (nSPS) is 19.1. The largest absolute Gasteiger partial charge is 0.396 e. The number of rotatable bonds is 5. The minimum atomic E-state index is 0.258. The highest BCUT2D eigenvalue weighted by Gasteiger charge is 2.19. The zero-order chi connectivity index (χ0) is 12.3. The molecule has 0 aliphatic heterocycles. The van der Waals surface area contributed by atoms with E-state index < -0.39 is 0 Å². The van der Waals surface area contributed by atoms with Crippen molar-refractivity contribution in [1.82, 2.24) is 9.78 Å². The average Bonchev–Trinajstić information content (AvgIpc) is 2.95. The average molecular weight is 236 g/mol. The summed E-state index contributed by atoms with van der Waals surface area (Å²) in [6.45, 7) is 4.58. The Kier molecular flexibility index (Phi) is 4.21. The molecule has 3 heteroatoms. The van der Waals surface area contributed by atoms with Gasteiger partial charge in [0, 0.05) is 12.8 Å². The van der Waals surface area contributed by atoms with E-state index in [4.69, 9.17) is 0 Å². The second-order valence-corrected chi connectivity index (χ2v) is 5.62. The first-order chi connectivity index (χ1) is 8.20. The number of nitrogens with zero attached hydrogens (tertiary/aromatic N) is 2. The lowest BCUT2D eigenvalue weighted by Gasteiger charge is -2.16. The zero-order valence-electron chi connectivity index (χ0n) is 11.0. The van der Waals surface area contributed by atoms with Crippen LogP contribution in [-0.2, 0) is 6.42 Å². The van der Waals surface area contributed by atoms with Gasteiger partial charge in [-0.25, -0.2) is 0 Å². The molecule has 0 saturated heterocycles. The van der Waals surface area contributed by atoms with Crippen molar-refractivity contribution in [3.05, 3.63) is 18.0 Å². The Morgan fingerprint density at radius 2 is 2.12 bits per heavy atom. The van der Waals surface area contributed by atoms with E-state index in [9.17, 15) is 5.11 Å². The van der Waals surface area contributed by atoms with Gasteiger partial charge in [-0.05, 0) is 37.2 Å². The Hall–Kier alpha value is -0.830. The summed E-state index contributed by atoms with van der Waals surface area (Å²) in [4.78, 5) is 0. The highest BCUT2D eigenvalue weighted by atomic mass is 16.3. The standard InChI is InChI=1S/C14H24N2O/c1-11(2)12(10-17)9-13-7-8-16(15-13)14-5-3-4-6-14/h7-8,11-12,14,17H,3-6,9-10H2,1-2H3. The number of aliphatic hydroxyl groups is 1. The molecule has 1 N–H and O–H groups in total. The second-order valence-electron chi connectivity index (χ2n) is 5.62. The smallest absolute Gasteiger partial charge is 0.0628 e. The Labute approximate surface area is 104 Å². The fourth-order valence-electron chi connectivity index (χ4n) is 2.64. The molecule has 3 nitrogen and oxygen atoms in total. The maximum atomic E-state index is 9.34. The lowest BCUT2D eigenvalue weighted by molar-refractivity contribution is 0.188. The molecule has 1 unspecified atom stereocenters. The Morgan fingerprint density at radius 1 is 1.41 bits per heavy atom. The maximum Gasteiger partial charge on any atom is 0.0628 e. The molecule has 1 aromatic rings. The van der Waals surface area contributed by atoms with Gasteiger partial charge in [0.05, 0.1) is 11.7 Å². The Bertz CT molecular complexity index is 340. The van der Waals surface area contributed by atoms with E-state index in [1.165, 1.54) is 25.7 Å². The minimum Gasteiger partial charge on any atom is -0.396 e. The second kappa shape index (κ2) is 5.67. The van der Waals surface area contributed by atoms with Crippen LogP contribution in [0.1, 0.15) is 51.3 Å². The molecule has 1 aromatic heterocycles. The van der Waals surface area contributed by atoms with E-state index in [2.05, 4.69) is 35.9 Å². The van der Waals surface area contributed by atoms with Crippen LogP contribution in [0.5, 0.6) is 0 Å². The van der Waals surface area contributed by atoms with Gasteiger partial charge in [-0.2, -0.15) is 5.10 Å². The minimum absolute atomic E-state index is 0.258. The molecule has 1 heterocycles. The van der Waals surface area contributed by atoms with Gasteiger partial charge in [-0.1, -0.05) is 26.7 Å². The first-order valence-corrected chi connectivity index (χ1v) is 6.85. The van der Waals surface area contributed by atoms with Gasteiger partial charge >= 0.3 is 0 Å². The van der Waals surface area contributed by atoms with Crippen LogP contribution in [-0.4, -0.2) is 21.5 Å². The molecule has 0 spiro atoms. The van der Waals surface area contributed by atoms with Crippen LogP contribution in [0.25, 0.3) is 0 Å². The molecule has 1 aliphatic carbocycles. The Balaban J connectivity index is 1.97. The van der Waals surface area contributed by atoms with Gasteiger partial charge in [0.15, 0.2) is 0 Å². The SMILES string of the molecule is CC(C)C(CO)Cc1ccn(C2CCCC2)n1. The van der Waals surface area contributed by atoms with Crippen LogP contribution in [0.4, 0.5) is 0 Å². The lowest BCUT2D eigenvalue weighted by atomic mass is 9.92. The van der Waals surface area contributed by atoms with E-state index in [-0.39, 0.29) is 6.61 Å². The Morgan fingerprint density at radius 3 is 2.71 bits per heavy atom. The summed E-state index contributed by atoms with van der Waals surface area (Å²) in [5.74, 6) is 0.846. The van der Waals surface area contributed by atoms with Gasteiger partial charge in [0.25, 0.3) is 0 Å². The lowest BCUT2D eigenvalue weighted by Crippen LogP contribution is -2.17. The summed E-state index contributed by atoms with van der Waals surface area (Å²) in [6.07, 6.45) is 8.23. The van der Waals surface area contributed by atoms with E-state index in [1.54, 1.807) is 0 Å². The van der Waals surface area contributed by atoms with Crippen molar-refractivity contribution in [3.63, 3.8) is 0 Å². The summed E-state index contributed by atoms with van der Waals surface area (Å²) >= 11 is 0. The van der Waals surface area contributed by atoms with Crippen molar-refractivity contribution in [2.75, 3.05) is 6.61 Å². The molecule has 17 heavy (non-hydrogen) atoms. The molecule has 1 aliphatic rings. The number of hydrogen-bond donors (Lipinski definition) is 1. The van der Waals surface area contributed by atoms with E-state index in [0.717, 1.165) is 12.1 Å². The van der Waals surface area contributed by atoms with Crippen LogP contribution in [0.2, 0.25) is 0 Å². The van der Waals surface area contributed by atoms with Crippen molar-refractivity contribution < 1.29 is 5.11 Å². The molecular weight excluding hydrogens is 212 g/mol. The summed E-state index contributed by atoms with van der Waals surface area (Å²) in [7, 11) is 0. The molecule has 0 bridgehead atoms. The molecule has 0 aromatic carbocycles. The molecule has 0 radical (unpaired) electrons. The summed E-state index contributed by atoms with van der Waals surface area (Å²) in [6, 6.07) is 2.74. The molecule has 1 fully saturated rings. The van der Waals surface area contributed by atoms with E-state index in [1.807, 2.05) is 0 Å². The highest BCUT2D eigenvalue weighted by molar-refractivity contribution is 5.02. The predicted octanol–water partition coefficient (Wildman–Crippen LogP) is 2.81. The van der Waals surface area contributed by atoms with Crippen LogP contribution in [0.15, 0.2) is 12.3 Å². The summed E-state index contributed by atoms with van der Waals surface area (Å²) in [5, 5.41) is 14.0. The fraction of sp³-hybridized carbons (Fsp3) is 0.786. The summed E-state index contributed by atoms with van der Waals surface area (Å²) < 4.78 is 2.14. The third-order valence-corrected chi connectivity index (χ3v) is 4.01. The maximum absolute atomic E-state index is 9.34. The fourth-order valence-corrected chi connectivity index (χ4v) is 2.64. The molecule has 96 valence electrons. The van der Waals surface area contributed by atoms with Gasteiger partial charge < -0.3 is 5.11 Å². The molecule has 2 rings (SSSR count). The zero-order valence-corrected chi connectivity index (χ0v) is 11.0. The van der Waals surface area contributed by atoms with Crippen molar-refractivity contribution >= 4 is 0 Å². The molecule has 1 saturated carbocycles. The monoisotopic (exact) mass is 236 g/mol. The van der Waals surface area contributed by atoms with Gasteiger partial charge in [-0.3, -0.25) is 4.68 Å². The van der Waals surface area contributed by atoms with Crippen LogP contribution < -0.4 is 0 Å². The molecular formula is C14H24N2O. The van der Waals surface area contributed by atoms with Crippen molar-refractivity contribution in [3.8, 4) is 0 Å². The molecule has 1 atom stereocenters. The summed E-state index contributed by atoms with van der Waals surface area (Å²) in [5.41, 5.74) is 1.13. The topological polar surface area (TPSA) is 38.0 Å². The first kappa shape index (κ1) is 12.6. The number of aliphatic hydroxyl groups excluding tert-OH is 1.